The van der Waals surface area contributed by atoms with Crippen LogP contribution in [0.2, 0.25) is 5.02 Å². The number of pyridine rings is 3. The van der Waals surface area contributed by atoms with Gasteiger partial charge in [0.15, 0.2) is 0 Å². The lowest BCUT2D eigenvalue weighted by Gasteiger charge is -2.14. The van der Waals surface area contributed by atoms with Gasteiger partial charge in [-0.3, -0.25) is 9.55 Å². The van der Waals surface area contributed by atoms with Crippen molar-refractivity contribution in [2.24, 2.45) is 0 Å². The first kappa shape index (κ1) is 22.9. The van der Waals surface area contributed by atoms with Gasteiger partial charge in [0, 0.05) is 33.3 Å². The first-order valence-electron chi connectivity index (χ1n) is 13.2. The average molecular weight is 533 g/mol. The minimum atomic E-state index is 0.765. The summed E-state index contributed by atoms with van der Waals surface area (Å²) in [6.45, 7) is 0. The zero-order valence-corrected chi connectivity index (χ0v) is 22.0. The van der Waals surface area contributed by atoms with E-state index >= 15 is 0 Å². The monoisotopic (exact) mass is 532 g/mol. The molecule has 0 radical (unpaired) electrons. The third kappa shape index (κ3) is 3.43. The molecule has 0 bridgehead atoms. The molecule has 0 unspecified atom stereocenters. The number of hydrogen-bond acceptors (Lipinski definition) is 3. The average Bonchev–Trinajstić information content (AvgIpc) is 3.36. The standard InChI is InChI=1S/C35H21ClN4/c36-35-26-12-3-1-10-24(26)34(25-11-2-4-13-27(25)35)30-16-7-14-28(38-30)29-15-8-18-33(39-29)40-31-17-6-5-9-22(31)23-19-20-37-21-32(23)40/h1-21H. The number of para-hydroxylation sites is 1. The van der Waals surface area contributed by atoms with Crippen LogP contribution < -0.4 is 0 Å². The van der Waals surface area contributed by atoms with Gasteiger partial charge in [0.05, 0.1) is 39.3 Å². The molecule has 4 aromatic heterocycles. The highest BCUT2D eigenvalue weighted by Gasteiger charge is 2.17. The molecule has 4 aromatic carbocycles. The zero-order chi connectivity index (χ0) is 26.6. The van der Waals surface area contributed by atoms with Gasteiger partial charge in [-0.05, 0) is 47.2 Å². The Bertz CT molecular complexity index is 2140. The zero-order valence-electron chi connectivity index (χ0n) is 21.3. The first-order chi connectivity index (χ1) is 19.8. The normalized spacial score (nSPS) is 11.6. The fraction of sp³-hybridized carbons (Fsp3) is 0. The minimum absolute atomic E-state index is 0.765. The van der Waals surface area contributed by atoms with Crippen LogP contribution in [-0.2, 0) is 0 Å². The van der Waals surface area contributed by atoms with Crippen molar-refractivity contribution >= 4 is 55.0 Å². The van der Waals surface area contributed by atoms with Crippen LogP contribution in [0.15, 0.2) is 128 Å². The van der Waals surface area contributed by atoms with Crippen LogP contribution in [0.1, 0.15) is 0 Å². The predicted octanol–water partition coefficient (Wildman–Crippen LogP) is 9.26. The van der Waals surface area contributed by atoms with Crippen LogP contribution in [-0.4, -0.2) is 19.5 Å². The summed E-state index contributed by atoms with van der Waals surface area (Å²) in [5, 5.41) is 7.29. The van der Waals surface area contributed by atoms with Crippen LogP contribution in [0.25, 0.3) is 71.8 Å². The van der Waals surface area contributed by atoms with Gasteiger partial charge >= 0.3 is 0 Å². The molecular formula is C35H21ClN4. The number of rotatable bonds is 3. The van der Waals surface area contributed by atoms with Crippen LogP contribution >= 0.6 is 11.6 Å². The summed E-state index contributed by atoms with van der Waals surface area (Å²) < 4.78 is 2.17. The van der Waals surface area contributed by atoms with Gasteiger partial charge in [0.25, 0.3) is 0 Å². The van der Waals surface area contributed by atoms with E-state index in [0.717, 1.165) is 71.5 Å². The number of nitrogens with zero attached hydrogens (tertiary/aromatic N) is 4. The molecule has 8 aromatic rings. The molecule has 0 amide bonds. The van der Waals surface area contributed by atoms with Gasteiger partial charge in [-0.1, -0.05) is 90.5 Å². The van der Waals surface area contributed by atoms with E-state index in [1.807, 2.05) is 60.9 Å². The largest absolute Gasteiger partial charge is 0.292 e. The van der Waals surface area contributed by atoms with Crippen molar-refractivity contribution in [2.45, 2.75) is 0 Å². The summed E-state index contributed by atoms with van der Waals surface area (Å²) in [5.41, 5.74) is 5.68. The molecule has 0 aliphatic rings. The van der Waals surface area contributed by atoms with Crippen LogP contribution in [0, 0.1) is 0 Å². The van der Waals surface area contributed by atoms with Crippen molar-refractivity contribution in [1.82, 2.24) is 19.5 Å². The number of hydrogen-bond donors (Lipinski definition) is 0. The number of fused-ring (bicyclic) bond motifs is 5. The molecule has 0 aliphatic heterocycles. The Balaban J connectivity index is 1.33. The van der Waals surface area contributed by atoms with Crippen molar-refractivity contribution in [3.05, 3.63) is 133 Å². The molecule has 4 heterocycles. The van der Waals surface area contributed by atoms with E-state index in [9.17, 15) is 0 Å². The summed E-state index contributed by atoms with van der Waals surface area (Å²) in [7, 11) is 0. The molecule has 0 atom stereocenters. The maximum absolute atomic E-state index is 6.87. The summed E-state index contributed by atoms with van der Waals surface area (Å²) >= 11 is 6.87. The smallest absolute Gasteiger partial charge is 0.138 e. The molecule has 0 aliphatic carbocycles. The van der Waals surface area contributed by atoms with E-state index in [0.29, 0.717) is 0 Å². The first-order valence-corrected chi connectivity index (χ1v) is 13.5. The molecule has 8 rings (SSSR count). The predicted molar refractivity (Wildman–Crippen MR) is 165 cm³/mol. The van der Waals surface area contributed by atoms with Gasteiger partial charge in [-0.2, -0.15) is 0 Å². The fourth-order valence-corrected chi connectivity index (χ4v) is 6.15. The molecule has 4 nitrogen and oxygen atoms in total. The minimum Gasteiger partial charge on any atom is -0.292 e. The third-order valence-corrected chi connectivity index (χ3v) is 7.98. The van der Waals surface area contributed by atoms with Gasteiger partial charge in [0.2, 0.25) is 0 Å². The molecule has 40 heavy (non-hydrogen) atoms. The second-order valence-electron chi connectivity index (χ2n) is 9.81. The Kier molecular flexibility index (Phi) is 5.15. The highest BCUT2D eigenvalue weighted by atomic mass is 35.5. The fourth-order valence-electron chi connectivity index (χ4n) is 5.82. The number of aromatic nitrogens is 4. The van der Waals surface area contributed by atoms with Crippen molar-refractivity contribution < 1.29 is 0 Å². The molecule has 5 heteroatoms. The highest BCUT2D eigenvalue weighted by molar-refractivity contribution is 6.42. The van der Waals surface area contributed by atoms with E-state index in [-0.39, 0.29) is 0 Å². The Labute approximate surface area is 235 Å². The van der Waals surface area contributed by atoms with Crippen LogP contribution in [0.4, 0.5) is 0 Å². The van der Waals surface area contributed by atoms with Crippen molar-refractivity contribution in [1.29, 1.82) is 0 Å². The molecule has 0 spiro atoms. The Morgan fingerprint density at radius 3 is 1.80 bits per heavy atom. The quantitative estimate of drug-likeness (QED) is 0.213. The second kappa shape index (κ2) is 9.01. The molecular weight excluding hydrogens is 512 g/mol. The Morgan fingerprint density at radius 1 is 0.475 bits per heavy atom. The molecule has 188 valence electrons. The van der Waals surface area contributed by atoms with E-state index in [1.165, 1.54) is 5.39 Å². The van der Waals surface area contributed by atoms with Crippen LogP contribution in [0.3, 0.4) is 0 Å². The van der Waals surface area contributed by atoms with Gasteiger partial charge in [-0.15, -0.1) is 0 Å². The number of halogens is 1. The topological polar surface area (TPSA) is 43.6 Å². The Hall–Kier alpha value is -5.06. The highest BCUT2D eigenvalue weighted by Crippen LogP contribution is 2.41. The molecule has 0 N–H and O–H groups in total. The molecule has 0 saturated carbocycles. The van der Waals surface area contributed by atoms with Crippen molar-refractivity contribution in [2.75, 3.05) is 0 Å². The molecule has 0 fully saturated rings. The van der Waals surface area contributed by atoms with Gasteiger partial charge in [-0.25, -0.2) is 9.97 Å². The van der Waals surface area contributed by atoms with E-state index < -0.39 is 0 Å². The van der Waals surface area contributed by atoms with Gasteiger partial charge in [0.1, 0.15) is 5.82 Å². The maximum atomic E-state index is 6.87. The van der Waals surface area contributed by atoms with Crippen LogP contribution in [0.5, 0.6) is 0 Å². The SMILES string of the molecule is Clc1c2ccccc2c(-c2cccc(-c3cccc(-n4c5ccccc5c5ccncc54)n3)n2)c2ccccc12. The van der Waals surface area contributed by atoms with Crippen molar-refractivity contribution in [3.8, 4) is 28.5 Å². The number of benzene rings is 4. The summed E-state index contributed by atoms with van der Waals surface area (Å²) in [5.74, 6) is 0.825. The van der Waals surface area contributed by atoms with E-state index in [4.69, 9.17) is 21.6 Å². The Morgan fingerprint density at radius 2 is 1.05 bits per heavy atom. The molecule has 0 saturated heterocycles. The van der Waals surface area contributed by atoms with E-state index in [2.05, 4.69) is 76.3 Å². The summed E-state index contributed by atoms with van der Waals surface area (Å²) in [6.07, 6.45) is 3.74. The maximum Gasteiger partial charge on any atom is 0.138 e. The lowest BCUT2D eigenvalue weighted by Crippen LogP contribution is -1.99. The second-order valence-corrected chi connectivity index (χ2v) is 10.2. The third-order valence-electron chi connectivity index (χ3n) is 7.57. The summed E-state index contributed by atoms with van der Waals surface area (Å²) in [4.78, 5) is 14.7. The van der Waals surface area contributed by atoms with E-state index in [1.54, 1.807) is 0 Å². The summed E-state index contributed by atoms with van der Waals surface area (Å²) in [6, 6.07) is 39.2. The van der Waals surface area contributed by atoms with Gasteiger partial charge < -0.3 is 0 Å². The lowest BCUT2D eigenvalue weighted by molar-refractivity contribution is 1.07. The van der Waals surface area contributed by atoms with Crippen molar-refractivity contribution in [3.63, 3.8) is 0 Å². The lowest BCUT2D eigenvalue weighted by atomic mass is 9.94.